The van der Waals surface area contributed by atoms with Crippen LogP contribution in [0.25, 0.3) is 0 Å². The molecule has 1 aromatic rings. The van der Waals surface area contributed by atoms with Crippen molar-refractivity contribution in [3.05, 3.63) is 29.8 Å². The largest absolute Gasteiger partial charge is 0.379 e. The second kappa shape index (κ2) is 5.52. The fourth-order valence-electron chi connectivity index (χ4n) is 2.23. The molecule has 1 heterocycles. The first-order chi connectivity index (χ1) is 8.22. The molecule has 0 radical (unpaired) electrons. The number of benzene rings is 1. The molecule has 1 aromatic carbocycles. The summed E-state index contributed by atoms with van der Waals surface area (Å²) in [6, 6.07) is 9.25. The van der Waals surface area contributed by atoms with Crippen molar-refractivity contribution in [2.75, 3.05) is 25.2 Å². The van der Waals surface area contributed by atoms with Crippen LogP contribution in [0.5, 0.6) is 0 Å². The van der Waals surface area contributed by atoms with Crippen LogP contribution in [0.1, 0.15) is 31.4 Å². The van der Waals surface area contributed by atoms with Gasteiger partial charge in [0.15, 0.2) is 0 Å². The molecular formula is C14H22N2O. The average Bonchev–Trinajstić information content (AvgIpc) is 2.91. The molecule has 0 aromatic heterocycles. The maximum atomic E-state index is 6.01. The quantitative estimate of drug-likeness (QED) is 0.869. The van der Waals surface area contributed by atoms with Crippen molar-refractivity contribution >= 4 is 5.69 Å². The molecule has 1 fully saturated rings. The molecule has 2 atom stereocenters. The molecule has 1 aliphatic rings. The van der Waals surface area contributed by atoms with E-state index in [-0.39, 0.29) is 6.04 Å². The van der Waals surface area contributed by atoms with Gasteiger partial charge in [0.2, 0.25) is 0 Å². The highest BCUT2D eigenvalue weighted by Crippen LogP contribution is 2.22. The van der Waals surface area contributed by atoms with Crippen molar-refractivity contribution in [2.45, 2.75) is 31.8 Å². The lowest BCUT2D eigenvalue weighted by atomic mass is 10.0. The van der Waals surface area contributed by atoms with E-state index in [4.69, 9.17) is 10.5 Å². The van der Waals surface area contributed by atoms with Crippen LogP contribution >= 0.6 is 0 Å². The predicted octanol–water partition coefficient (Wildman–Crippen LogP) is 2.32. The van der Waals surface area contributed by atoms with E-state index in [0.29, 0.717) is 6.04 Å². The molecule has 3 heteroatoms. The molecule has 0 bridgehead atoms. The zero-order valence-electron chi connectivity index (χ0n) is 10.7. The van der Waals surface area contributed by atoms with Gasteiger partial charge >= 0.3 is 0 Å². The zero-order chi connectivity index (χ0) is 12.3. The summed E-state index contributed by atoms with van der Waals surface area (Å²) in [6.45, 7) is 3.83. The maximum absolute atomic E-state index is 6.01. The first-order valence-electron chi connectivity index (χ1n) is 6.38. The van der Waals surface area contributed by atoms with Gasteiger partial charge in [0, 0.05) is 25.4 Å². The summed E-state index contributed by atoms with van der Waals surface area (Å²) in [4.78, 5) is 2.30. The van der Waals surface area contributed by atoms with Crippen LogP contribution in [0.3, 0.4) is 0 Å². The minimum Gasteiger partial charge on any atom is -0.379 e. The van der Waals surface area contributed by atoms with Gasteiger partial charge < -0.3 is 15.4 Å². The molecule has 2 N–H and O–H groups in total. The third-order valence-electron chi connectivity index (χ3n) is 3.62. The summed E-state index contributed by atoms with van der Waals surface area (Å²) in [7, 11) is 2.13. The average molecular weight is 234 g/mol. The van der Waals surface area contributed by atoms with Crippen molar-refractivity contribution in [3.8, 4) is 0 Å². The summed E-state index contributed by atoms with van der Waals surface area (Å²) >= 11 is 0. The lowest BCUT2D eigenvalue weighted by Crippen LogP contribution is -2.31. The lowest BCUT2D eigenvalue weighted by molar-refractivity contribution is 0.193. The van der Waals surface area contributed by atoms with Crippen molar-refractivity contribution < 1.29 is 4.74 Å². The van der Waals surface area contributed by atoms with E-state index in [1.54, 1.807) is 0 Å². The van der Waals surface area contributed by atoms with Gasteiger partial charge in [-0.05, 0) is 30.5 Å². The Kier molecular flexibility index (Phi) is 4.02. The van der Waals surface area contributed by atoms with E-state index < -0.39 is 0 Å². The van der Waals surface area contributed by atoms with E-state index in [1.165, 1.54) is 11.3 Å². The minimum atomic E-state index is 0.157. The molecule has 0 spiro atoms. The maximum Gasteiger partial charge on any atom is 0.0670 e. The smallest absolute Gasteiger partial charge is 0.0670 e. The molecule has 2 rings (SSSR count). The Morgan fingerprint density at radius 1 is 1.41 bits per heavy atom. The molecule has 3 nitrogen and oxygen atoms in total. The first-order valence-corrected chi connectivity index (χ1v) is 6.38. The highest BCUT2D eigenvalue weighted by Gasteiger charge is 2.20. The Labute approximate surface area is 104 Å². The van der Waals surface area contributed by atoms with Gasteiger partial charge in [0.25, 0.3) is 0 Å². The number of nitrogens with two attached hydrogens (primary N) is 1. The van der Waals surface area contributed by atoms with E-state index in [1.807, 2.05) is 0 Å². The summed E-state index contributed by atoms with van der Waals surface area (Å²) in [5.41, 5.74) is 8.47. The normalized spacial score (nSPS) is 21.5. The Morgan fingerprint density at radius 2 is 2.12 bits per heavy atom. The fourth-order valence-corrected chi connectivity index (χ4v) is 2.23. The van der Waals surface area contributed by atoms with Crippen LogP contribution < -0.4 is 10.6 Å². The second-order valence-corrected chi connectivity index (χ2v) is 4.73. The highest BCUT2D eigenvalue weighted by atomic mass is 16.5. The molecule has 0 aliphatic carbocycles. The summed E-state index contributed by atoms with van der Waals surface area (Å²) in [5.74, 6) is 0. The number of ether oxygens (including phenoxy) is 1. The van der Waals surface area contributed by atoms with Crippen molar-refractivity contribution in [2.24, 2.45) is 5.73 Å². The number of likely N-dealkylation sites (N-methyl/N-ethyl adjacent to an activating group) is 1. The first kappa shape index (κ1) is 12.4. The summed E-state index contributed by atoms with van der Waals surface area (Å²) in [5, 5.41) is 0. The number of rotatable bonds is 4. The Balaban J connectivity index is 2.06. The Morgan fingerprint density at radius 3 is 2.65 bits per heavy atom. The molecular weight excluding hydrogens is 212 g/mol. The minimum absolute atomic E-state index is 0.157. The van der Waals surface area contributed by atoms with E-state index >= 15 is 0 Å². The van der Waals surface area contributed by atoms with Gasteiger partial charge in [0.1, 0.15) is 0 Å². The van der Waals surface area contributed by atoms with Gasteiger partial charge in [-0.25, -0.2) is 0 Å². The lowest BCUT2D eigenvalue weighted by Gasteiger charge is -2.25. The summed E-state index contributed by atoms with van der Waals surface area (Å²) in [6.07, 6.45) is 2.10. The van der Waals surface area contributed by atoms with Gasteiger partial charge in [-0.2, -0.15) is 0 Å². The van der Waals surface area contributed by atoms with E-state index in [2.05, 4.69) is 43.1 Å². The van der Waals surface area contributed by atoms with Crippen LogP contribution in [0.4, 0.5) is 5.69 Å². The van der Waals surface area contributed by atoms with Gasteiger partial charge in [-0.15, -0.1) is 0 Å². The third-order valence-corrected chi connectivity index (χ3v) is 3.62. The summed E-state index contributed by atoms with van der Waals surface area (Å²) < 4.78 is 5.42. The molecule has 1 saturated heterocycles. The van der Waals surface area contributed by atoms with E-state index in [9.17, 15) is 0 Å². The third kappa shape index (κ3) is 2.79. The number of hydrogen-bond acceptors (Lipinski definition) is 3. The van der Waals surface area contributed by atoms with Crippen molar-refractivity contribution in [3.63, 3.8) is 0 Å². The molecule has 0 saturated carbocycles. The van der Waals surface area contributed by atoms with Crippen LogP contribution in [-0.4, -0.2) is 26.3 Å². The Bertz CT molecular complexity index is 344. The number of nitrogens with zero attached hydrogens (tertiary/aromatic N) is 1. The molecule has 0 amide bonds. The van der Waals surface area contributed by atoms with Crippen LogP contribution in [0.15, 0.2) is 24.3 Å². The van der Waals surface area contributed by atoms with Gasteiger partial charge in [-0.1, -0.05) is 19.1 Å². The Hall–Kier alpha value is -1.06. The highest BCUT2D eigenvalue weighted by molar-refractivity contribution is 5.48. The van der Waals surface area contributed by atoms with Crippen molar-refractivity contribution in [1.29, 1.82) is 0 Å². The topological polar surface area (TPSA) is 38.5 Å². The predicted molar refractivity (Wildman–Crippen MR) is 71.3 cm³/mol. The fraction of sp³-hybridized carbons (Fsp3) is 0.571. The molecule has 94 valence electrons. The van der Waals surface area contributed by atoms with Crippen LogP contribution in [-0.2, 0) is 4.74 Å². The molecule has 17 heavy (non-hydrogen) atoms. The van der Waals surface area contributed by atoms with E-state index in [0.717, 1.165) is 26.1 Å². The van der Waals surface area contributed by atoms with Crippen molar-refractivity contribution in [1.82, 2.24) is 0 Å². The SMILES string of the molecule is CC[C@@H](N)c1ccc(N(C)C2CCOC2)cc1. The monoisotopic (exact) mass is 234 g/mol. The number of anilines is 1. The standard InChI is InChI=1S/C14H22N2O/c1-3-14(15)11-4-6-12(7-5-11)16(2)13-8-9-17-10-13/h4-7,13-14H,3,8-10,15H2,1-2H3/t13?,14-/m1/s1. The van der Waals surface area contributed by atoms with Crippen LogP contribution in [0.2, 0.25) is 0 Å². The van der Waals surface area contributed by atoms with Gasteiger partial charge in [-0.3, -0.25) is 0 Å². The molecule has 1 unspecified atom stereocenters. The second-order valence-electron chi connectivity index (χ2n) is 4.73. The van der Waals surface area contributed by atoms with Gasteiger partial charge in [0.05, 0.1) is 12.6 Å². The molecule has 1 aliphatic heterocycles. The number of hydrogen-bond donors (Lipinski definition) is 1. The van der Waals surface area contributed by atoms with Crippen LogP contribution in [0, 0.1) is 0 Å². The zero-order valence-corrected chi connectivity index (χ0v) is 10.7.